The highest BCUT2D eigenvalue weighted by Crippen LogP contribution is 2.29. The first-order chi connectivity index (χ1) is 14.9. The molecule has 0 spiro atoms. The first-order valence-electron chi connectivity index (χ1n) is 9.14. The molecular formula is C20H22N6O4S. The van der Waals surface area contributed by atoms with Crippen molar-refractivity contribution in [1.29, 1.82) is 0 Å². The van der Waals surface area contributed by atoms with Crippen molar-refractivity contribution in [2.75, 3.05) is 36.4 Å². The van der Waals surface area contributed by atoms with Crippen LogP contribution >= 0.6 is 11.8 Å². The van der Waals surface area contributed by atoms with E-state index >= 15 is 0 Å². The van der Waals surface area contributed by atoms with Gasteiger partial charge in [0.1, 0.15) is 11.5 Å². The third-order valence-electron chi connectivity index (χ3n) is 4.14. The fourth-order valence-electron chi connectivity index (χ4n) is 2.72. The van der Waals surface area contributed by atoms with Crippen LogP contribution in [0.5, 0.6) is 11.5 Å². The van der Waals surface area contributed by atoms with E-state index in [1.807, 2.05) is 12.1 Å². The summed E-state index contributed by atoms with van der Waals surface area (Å²) >= 11 is 1.14. The number of anilines is 2. The molecule has 2 amide bonds. The molecule has 4 N–H and O–H groups in total. The molecule has 1 heterocycles. The summed E-state index contributed by atoms with van der Waals surface area (Å²) in [5.74, 6) is 7.30. The minimum Gasteiger partial charge on any atom is -0.497 e. The Hall–Kier alpha value is -3.73. The highest BCUT2D eigenvalue weighted by Gasteiger charge is 2.15. The number of ether oxygens (including phenoxy) is 2. The molecule has 0 atom stereocenters. The van der Waals surface area contributed by atoms with Crippen molar-refractivity contribution in [2.45, 2.75) is 12.1 Å². The number of rotatable bonds is 8. The largest absolute Gasteiger partial charge is 0.497 e. The van der Waals surface area contributed by atoms with Crippen LogP contribution in [0.1, 0.15) is 6.92 Å². The van der Waals surface area contributed by atoms with Crippen molar-refractivity contribution in [3.05, 3.63) is 42.5 Å². The Morgan fingerprint density at radius 3 is 2.45 bits per heavy atom. The molecule has 11 heteroatoms. The second kappa shape index (κ2) is 9.85. The minimum absolute atomic E-state index is 0.0471. The Labute approximate surface area is 183 Å². The second-order valence-corrected chi connectivity index (χ2v) is 7.28. The van der Waals surface area contributed by atoms with E-state index in [9.17, 15) is 9.59 Å². The van der Waals surface area contributed by atoms with Gasteiger partial charge in [-0.3, -0.25) is 9.59 Å². The predicted octanol–water partition coefficient (Wildman–Crippen LogP) is 2.37. The number of amides is 2. The normalized spacial score (nSPS) is 10.4. The lowest BCUT2D eigenvalue weighted by molar-refractivity contribution is -0.114. The van der Waals surface area contributed by atoms with Crippen molar-refractivity contribution >= 4 is 35.0 Å². The average molecular weight is 443 g/mol. The molecule has 0 aliphatic rings. The van der Waals surface area contributed by atoms with E-state index in [4.69, 9.17) is 15.3 Å². The van der Waals surface area contributed by atoms with Gasteiger partial charge in [0, 0.05) is 18.2 Å². The lowest BCUT2D eigenvalue weighted by Crippen LogP contribution is -2.17. The Bertz CT molecular complexity index is 1080. The lowest BCUT2D eigenvalue weighted by Gasteiger charge is -2.12. The molecule has 0 bridgehead atoms. The number of hydrogen-bond acceptors (Lipinski definition) is 8. The van der Waals surface area contributed by atoms with Crippen LogP contribution in [-0.4, -0.2) is 46.7 Å². The average Bonchev–Trinajstić information content (AvgIpc) is 3.12. The Balaban J connectivity index is 1.66. The van der Waals surface area contributed by atoms with Crippen LogP contribution < -0.4 is 25.9 Å². The Kier molecular flexibility index (Phi) is 6.98. The van der Waals surface area contributed by atoms with Crippen molar-refractivity contribution in [3.8, 4) is 22.9 Å². The number of nitrogen functional groups attached to an aromatic ring is 1. The third-order valence-corrected chi connectivity index (χ3v) is 5.08. The van der Waals surface area contributed by atoms with Crippen LogP contribution in [0.25, 0.3) is 11.4 Å². The van der Waals surface area contributed by atoms with Gasteiger partial charge in [-0.25, -0.2) is 4.68 Å². The molecule has 0 radical (unpaired) electrons. The zero-order valence-corrected chi connectivity index (χ0v) is 18.0. The van der Waals surface area contributed by atoms with E-state index < -0.39 is 0 Å². The van der Waals surface area contributed by atoms with Gasteiger partial charge < -0.3 is 25.9 Å². The zero-order valence-electron chi connectivity index (χ0n) is 17.2. The molecule has 2 aromatic carbocycles. The maximum atomic E-state index is 12.5. The first-order valence-corrected chi connectivity index (χ1v) is 10.1. The molecule has 162 valence electrons. The van der Waals surface area contributed by atoms with E-state index in [0.717, 1.165) is 23.1 Å². The summed E-state index contributed by atoms with van der Waals surface area (Å²) in [6.45, 7) is 1.41. The number of benzene rings is 2. The van der Waals surface area contributed by atoms with Gasteiger partial charge >= 0.3 is 0 Å². The lowest BCUT2D eigenvalue weighted by atomic mass is 10.2. The van der Waals surface area contributed by atoms with Crippen molar-refractivity contribution < 1.29 is 19.1 Å². The summed E-state index contributed by atoms with van der Waals surface area (Å²) in [4.78, 5) is 23.7. The highest BCUT2D eigenvalue weighted by molar-refractivity contribution is 7.99. The molecule has 3 rings (SSSR count). The number of hydrogen-bond donors (Lipinski definition) is 3. The third kappa shape index (κ3) is 5.45. The molecule has 10 nitrogen and oxygen atoms in total. The van der Waals surface area contributed by atoms with Gasteiger partial charge in [0.25, 0.3) is 0 Å². The molecule has 3 aromatic rings. The summed E-state index contributed by atoms with van der Waals surface area (Å²) in [7, 11) is 3.08. The summed E-state index contributed by atoms with van der Waals surface area (Å²) in [5, 5.41) is 14.0. The zero-order chi connectivity index (χ0) is 22.4. The molecular weight excluding hydrogens is 420 g/mol. The number of thioether (sulfide) groups is 1. The van der Waals surface area contributed by atoms with Crippen LogP contribution in [0.4, 0.5) is 11.4 Å². The van der Waals surface area contributed by atoms with Gasteiger partial charge in [-0.05, 0) is 42.5 Å². The minimum atomic E-state index is -0.294. The maximum Gasteiger partial charge on any atom is 0.234 e. The molecule has 31 heavy (non-hydrogen) atoms. The molecule has 0 unspecified atom stereocenters. The highest BCUT2D eigenvalue weighted by atomic mass is 32.2. The van der Waals surface area contributed by atoms with Crippen molar-refractivity contribution in [3.63, 3.8) is 0 Å². The second-order valence-electron chi connectivity index (χ2n) is 6.34. The Morgan fingerprint density at radius 2 is 1.81 bits per heavy atom. The monoisotopic (exact) mass is 442 g/mol. The fourth-order valence-corrected chi connectivity index (χ4v) is 3.37. The summed E-state index contributed by atoms with van der Waals surface area (Å²) < 4.78 is 11.7. The van der Waals surface area contributed by atoms with Crippen LogP contribution in [-0.2, 0) is 9.59 Å². The van der Waals surface area contributed by atoms with Crippen molar-refractivity contribution in [2.24, 2.45) is 0 Å². The van der Waals surface area contributed by atoms with Crippen LogP contribution in [0.2, 0.25) is 0 Å². The molecule has 0 aliphatic heterocycles. The molecule has 0 aliphatic carbocycles. The number of carbonyl (C=O) groups is 2. The number of nitrogens with two attached hydrogens (primary N) is 1. The van der Waals surface area contributed by atoms with E-state index in [2.05, 4.69) is 20.8 Å². The molecule has 0 saturated heterocycles. The predicted molar refractivity (Wildman–Crippen MR) is 119 cm³/mol. The molecule has 1 aromatic heterocycles. The quantitative estimate of drug-likeness (QED) is 0.358. The summed E-state index contributed by atoms with van der Waals surface area (Å²) in [6, 6.07) is 12.2. The topological polar surface area (TPSA) is 133 Å². The maximum absolute atomic E-state index is 12.5. The Morgan fingerprint density at radius 1 is 1.06 bits per heavy atom. The number of nitrogens with zero attached hydrogens (tertiary/aromatic N) is 3. The number of carbonyl (C=O) groups excluding carboxylic acids is 2. The van der Waals surface area contributed by atoms with E-state index in [-0.39, 0.29) is 17.6 Å². The van der Waals surface area contributed by atoms with Crippen molar-refractivity contribution in [1.82, 2.24) is 14.9 Å². The SMILES string of the molecule is COc1ccc(-c2nnc(SCC(=O)Nc3cc(NC(C)=O)ccc3OC)n2N)cc1. The van der Waals surface area contributed by atoms with Gasteiger partial charge in [-0.15, -0.1) is 10.2 Å². The molecule has 0 fully saturated rings. The van der Waals surface area contributed by atoms with Gasteiger partial charge in [-0.2, -0.15) is 0 Å². The van der Waals surface area contributed by atoms with Crippen LogP contribution in [0.15, 0.2) is 47.6 Å². The number of aromatic nitrogens is 3. The summed E-state index contributed by atoms with van der Waals surface area (Å²) in [6.07, 6.45) is 0. The number of nitrogens with one attached hydrogen (secondary N) is 2. The van der Waals surface area contributed by atoms with Crippen LogP contribution in [0, 0.1) is 0 Å². The number of methoxy groups -OCH3 is 2. The molecule has 0 saturated carbocycles. The summed E-state index contributed by atoms with van der Waals surface area (Å²) in [5.41, 5.74) is 1.75. The van der Waals surface area contributed by atoms with Gasteiger partial charge in [0.15, 0.2) is 5.82 Å². The van der Waals surface area contributed by atoms with Gasteiger partial charge in [0.05, 0.1) is 25.7 Å². The van der Waals surface area contributed by atoms with E-state index in [0.29, 0.717) is 28.1 Å². The smallest absolute Gasteiger partial charge is 0.234 e. The standard InChI is InChI=1S/C20H22N6O4S/c1-12(27)22-14-6-9-17(30-3)16(10-14)23-18(28)11-31-20-25-24-19(26(20)21)13-4-7-15(29-2)8-5-13/h4-10H,11,21H2,1-3H3,(H,22,27)(H,23,28). The van der Waals surface area contributed by atoms with Gasteiger partial charge in [0.2, 0.25) is 17.0 Å². The fraction of sp³-hybridized carbons (Fsp3) is 0.200. The van der Waals surface area contributed by atoms with Gasteiger partial charge in [-0.1, -0.05) is 11.8 Å². The first kappa shape index (κ1) is 22.0. The van der Waals surface area contributed by atoms with Crippen LogP contribution in [0.3, 0.4) is 0 Å². The van der Waals surface area contributed by atoms with E-state index in [1.165, 1.54) is 18.7 Å². The van der Waals surface area contributed by atoms with E-state index in [1.54, 1.807) is 37.4 Å².